The van der Waals surface area contributed by atoms with Crippen LogP contribution in [0.25, 0.3) is 165 Å². The Hall–Kier alpha value is -13.2. The Balaban J connectivity index is 0.884. The van der Waals surface area contributed by atoms with E-state index in [4.69, 9.17) is 0 Å². The van der Waals surface area contributed by atoms with Crippen LogP contribution < -0.4 is 4.90 Å². The monoisotopic (exact) mass is 1300 g/mol. The Labute approximate surface area is 588 Å². The van der Waals surface area contributed by atoms with E-state index in [1.165, 1.54) is 110 Å². The molecule has 102 heavy (non-hydrogen) atoms. The van der Waals surface area contributed by atoms with Crippen molar-refractivity contribution in [3.8, 4) is 50.7 Å². The molecule has 0 saturated carbocycles. The van der Waals surface area contributed by atoms with Gasteiger partial charge in [0.05, 0.1) is 78.3 Å². The first-order valence-electron chi connectivity index (χ1n) is 35.7. The third-order valence-corrected chi connectivity index (χ3v) is 22.4. The van der Waals surface area contributed by atoms with Crippen molar-refractivity contribution < 1.29 is 0 Å². The predicted molar refractivity (Wildman–Crippen MR) is 428 cm³/mol. The molecule has 478 valence electrons. The number of para-hydroxylation sites is 13. The zero-order valence-corrected chi connectivity index (χ0v) is 55.7. The van der Waals surface area contributed by atoms with Crippen molar-refractivity contribution >= 4 is 120 Å². The normalized spacial score (nSPS) is 15.3. The van der Waals surface area contributed by atoms with Gasteiger partial charge in [-0.25, -0.2) is 0 Å². The van der Waals surface area contributed by atoms with Gasteiger partial charge in [-0.3, -0.25) is 0 Å². The Morgan fingerprint density at radius 2 is 0.539 bits per heavy atom. The Bertz CT molecular complexity index is 6590. The van der Waals surface area contributed by atoms with Gasteiger partial charge in [0.1, 0.15) is 0 Å². The summed E-state index contributed by atoms with van der Waals surface area (Å²) in [5.74, 6) is 0.236. The van der Waals surface area contributed by atoms with Gasteiger partial charge in [-0.05, 0) is 109 Å². The number of aromatic nitrogens is 5. The van der Waals surface area contributed by atoms with E-state index in [1.54, 1.807) is 0 Å². The molecule has 3 aliphatic rings. The SMILES string of the molecule is C1=CC2C3=CCCC(c4cccc5c6ccccc6n(-c6cc(-n7c8ccccc8c8cccc(-c9cccc%10c%11ccccc%11n(-c%11ccccc%11)c9%10)c87)cc(-n7c8ccccc8c8cccc(-c9cccc%10c%11ccccc%11n(-c%11ccccc%11)c9%10)c87)c6)c45)=C3N(c3ccccc3)C2C=C1. The van der Waals surface area contributed by atoms with Gasteiger partial charge in [-0.2, -0.15) is 0 Å². The molecule has 2 unspecified atom stereocenters. The molecule has 1 aliphatic heterocycles. The number of allylic oxidation sites excluding steroid dienone is 5. The lowest BCUT2D eigenvalue weighted by Gasteiger charge is -2.30. The fraction of sp³-hybridized carbons (Fsp3) is 0.0417. The number of nitrogens with zero attached hydrogens (tertiary/aromatic N) is 6. The molecule has 0 radical (unpaired) electrons. The summed E-state index contributed by atoms with van der Waals surface area (Å²) in [6.07, 6.45) is 13.7. The topological polar surface area (TPSA) is 27.9 Å². The van der Waals surface area contributed by atoms with Crippen LogP contribution in [0.2, 0.25) is 0 Å². The van der Waals surface area contributed by atoms with Gasteiger partial charge < -0.3 is 27.7 Å². The number of hydrogen-bond donors (Lipinski definition) is 0. The second-order valence-electron chi connectivity index (χ2n) is 27.7. The molecule has 1 fully saturated rings. The molecule has 2 atom stereocenters. The number of hydrogen-bond acceptors (Lipinski definition) is 1. The number of anilines is 1. The minimum Gasteiger partial charge on any atom is -0.333 e. The van der Waals surface area contributed by atoms with Gasteiger partial charge in [0, 0.05) is 110 Å². The van der Waals surface area contributed by atoms with E-state index in [9.17, 15) is 0 Å². The van der Waals surface area contributed by atoms with Crippen molar-refractivity contribution in [1.82, 2.24) is 22.8 Å². The first kappa shape index (κ1) is 56.8. The molecule has 6 heterocycles. The molecular weight excluding hydrogens is 1240 g/mol. The van der Waals surface area contributed by atoms with Crippen molar-refractivity contribution in [2.24, 2.45) is 5.92 Å². The second kappa shape index (κ2) is 22.2. The molecule has 0 spiro atoms. The lowest BCUT2D eigenvalue weighted by molar-refractivity contribution is 0.701. The molecule has 0 bridgehead atoms. The summed E-state index contributed by atoms with van der Waals surface area (Å²) in [5.41, 5.74) is 28.2. The van der Waals surface area contributed by atoms with Gasteiger partial charge in [-0.15, -0.1) is 0 Å². The van der Waals surface area contributed by atoms with Gasteiger partial charge in [0.15, 0.2) is 0 Å². The summed E-state index contributed by atoms with van der Waals surface area (Å²) in [6.45, 7) is 0. The van der Waals surface area contributed by atoms with E-state index in [0.29, 0.717) is 0 Å². The average molecular weight is 1300 g/mol. The summed E-state index contributed by atoms with van der Waals surface area (Å²) >= 11 is 0. The summed E-state index contributed by atoms with van der Waals surface area (Å²) in [4.78, 5) is 2.65. The second-order valence-corrected chi connectivity index (χ2v) is 27.7. The summed E-state index contributed by atoms with van der Waals surface area (Å²) in [5, 5.41) is 12.1. The minimum atomic E-state index is 0.158. The highest BCUT2D eigenvalue weighted by Gasteiger charge is 2.43. The van der Waals surface area contributed by atoms with Crippen molar-refractivity contribution in [2.45, 2.75) is 18.9 Å². The third-order valence-electron chi connectivity index (χ3n) is 22.4. The van der Waals surface area contributed by atoms with E-state index >= 15 is 0 Å². The fourth-order valence-corrected chi connectivity index (χ4v) is 18.4. The van der Waals surface area contributed by atoms with Crippen LogP contribution in [0.15, 0.2) is 363 Å². The van der Waals surface area contributed by atoms with Crippen LogP contribution in [0, 0.1) is 5.92 Å². The van der Waals surface area contributed by atoms with Crippen LogP contribution in [0.4, 0.5) is 5.69 Å². The van der Waals surface area contributed by atoms with Crippen LogP contribution in [0.5, 0.6) is 0 Å². The van der Waals surface area contributed by atoms with Crippen LogP contribution in [-0.2, 0) is 0 Å². The molecule has 0 amide bonds. The van der Waals surface area contributed by atoms with E-state index in [2.05, 4.69) is 380 Å². The van der Waals surface area contributed by atoms with Gasteiger partial charge in [-0.1, -0.05) is 267 Å². The summed E-state index contributed by atoms with van der Waals surface area (Å²) < 4.78 is 12.8. The van der Waals surface area contributed by atoms with Crippen molar-refractivity contribution in [3.05, 3.63) is 369 Å². The lowest BCUT2D eigenvalue weighted by atomic mass is 9.84. The van der Waals surface area contributed by atoms with Crippen LogP contribution in [0.3, 0.4) is 0 Å². The van der Waals surface area contributed by atoms with Gasteiger partial charge in [0.25, 0.3) is 0 Å². The minimum absolute atomic E-state index is 0.158. The number of benzene rings is 14. The highest BCUT2D eigenvalue weighted by atomic mass is 15.2. The molecule has 19 aromatic rings. The van der Waals surface area contributed by atoms with Crippen LogP contribution in [0.1, 0.15) is 18.4 Å². The molecule has 1 saturated heterocycles. The summed E-state index contributed by atoms with van der Waals surface area (Å²) in [7, 11) is 0. The largest absolute Gasteiger partial charge is 0.333 e. The van der Waals surface area contributed by atoms with Crippen molar-refractivity contribution in [2.75, 3.05) is 4.90 Å². The van der Waals surface area contributed by atoms with Gasteiger partial charge in [0.2, 0.25) is 0 Å². The molecule has 22 rings (SSSR count). The molecular formula is C96H64N6. The van der Waals surface area contributed by atoms with E-state index in [1.807, 2.05) is 0 Å². The van der Waals surface area contributed by atoms with E-state index < -0.39 is 0 Å². The van der Waals surface area contributed by atoms with Crippen LogP contribution in [-0.4, -0.2) is 28.9 Å². The standard InChI is InChI=1S/C96H64N6/c1-4-28-61(29-5-1)97-85-52-16-10-34-67(85)73-40-22-46-79(91(73)97)82-49-25-43-76-70-37-13-19-55-88(70)100(94(76)82)64-58-65(101-89-56-20-14-38-71(89)77-44-26-50-83(95(77)101)80-47-23-41-74-68-35-11-17-53-86(68)98(92(74)80)62-30-6-2-7-31-62)60-66(59-64)102-90-57-21-15-39-72(90)78-45-27-51-84(96(78)102)81-48-24-42-75-69-36-12-18-54-87(69)99(93(75)81)63-32-8-3-9-33-63/h1-23,25-47,49-60,69,87H,24,48H2. The third kappa shape index (κ3) is 8.11. The Kier molecular flexibility index (Phi) is 12.4. The highest BCUT2D eigenvalue weighted by Crippen LogP contribution is 2.53. The van der Waals surface area contributed by atoms with Crippen molar-refractivity contribution in [1.29, 1.82) is 0 Å². The molecule has 2 aliphatic carbocycles. The lowest BCUT2D eigenvalue weighted by Crippen LogP contribution is -2.30. The Morgan fingerprint density at radius 3 is 0.912 bits per heavy atom. The van der Waals surface area contributed by atoms with Gasteiger partial charge >= 0.3 is 0 Å². The first-order chi connectivity index (χ1) is 50.7. The maximum atomic E-state index is 2.65. The van der Waals surface area contributed by atoms with Crippen LogP contribution >= 0.6 is 0 Å². The quantitative estimate of drug-likeness (QED) is 0.142. The molecule has 6 nitrogen and oxygen atoms in total. The zero-order chi connectivity index (χ0) is 66.7. The molecule has 5 aromatic heterocycles. The number of fused-ring (bicyclic) bond motifs is 18. The zero-order valence-electron chi connectivity index (χ0n) is 55.7. The highest BCUT2D eigenvalue weighted by molar-refractivity contribution is 6.22. The Morgan fingerprint density at radius 1 is 0.245 bits per heavy atom. The number of rotatable bonds is 9. The molecule has 0 N–H and O–H groups in total. The first-order valence-corrected chi connectivity index (χ1v) is 35.7. The van der Waals surface area contributed by atoms with Crippen molar-refractivity contribution in [3.63, 3.8) is 0 Å². The summed E-state index contributed by atoms with van der Waals surface area (Å²) in [6, 6.07) is 121. The molecule has 6 heteroatoms. The maximum Gasteiger partial charge on any atom is 0.0629 e. The average Bonchev–Trinajstić information content (AvgIpc) is 1.55. The van der Waals surface area contributed by atoms with E-state index in [0.717, 1.165) is 91.1 Å². The predicted octanol–water partition coefficient (Wildman–Crippen LogP) is 24.6. The smallest absolute Gasteiger partial charge is 0.0629 e. The van der Waals surface area contributed by atoms with E-state index in [-0.39, 0.29) is 12.0 Å². The fourth-order valence-electron chi connectivity index (χ4n) is 18.4. The molecule has 14 aromatic carbocycles. The maximum absolute atomic E-state index is 2.65.